The van der Waals surface area contributed by atoms with Crippen molar-refractivity contribution in [3.63, 3.8) is 0 Å². The lowest BCUT2D eigenvalue weighted by Crippen LogP contribution is -2.37. The van der Waals surface area contributed by atoms with Crippen molar-refractivity contribution in [1.82, 2.24) is 0 Å². The van der Waals surface area contributed by atoms with Crippen LogP contribution in [0.25, 0.3) is 0 Å². The van der Waals surface area contributed by atoms with Crippen LogP contribution in [0, 0.1) is 10.1 Å². The Morgan fingerprint density at radius 1 is 1.12 bits per heavy atom. The Hall–Kier alpha value is -2.61. The summed E-state index contributed by atoms with van der Waals surface area (Å²) in [5.74, 6) is 0.0576. The normalized spacial score (nSPS) is 11.3. The van der Waals surface area contributed by atoms with Gasteiger partial charge in [-0.15, -0.1) is 0 Å². The molecule has 0 bridgehead atoms. The Morgan fingerprint density at radius 2 is 1.75 bits per heavy atom. The summed E-state index contributed by atoms with van der Waals surface area (Å²) >= 11 is 0. The van der Waals surface area contributed by atoms with E-state index in [2.05, 4.69) is 0 Å². The van der Waals surface area contributed by atoms with Crippen molar-refractivity contribution in [2.75, 3.05) is 11.4 Å². The molecule has 0 fully saturated rings. The van der Waals surface area contributed by atoms with Gasteiger partial charge in [-0.3, -0.25) is 14.4 Å². The number of anilines is 1. The molecule has 128 valence electrons. The number of nitro groups is 1. The highest BCUT2D eigenvalue weighted by Gasteiger charge is 2.31. The first-order valence-corrected chi connectivity index (χ1v) is 8.65. The Morgan fingerprint density at radius 3 is 2.25 bits per heavy atom. The first-order valence-electron chi connectivity index (χ1n) is 7.21. The summed E-state index contributed by atoms with van der Waals surface area (Å²) in [4.78, 5) is 10.1. The standard InChI is InChI=1S/C16H18N2O5S/c1-12(2)17(13-7-5-4-6-8-13)24(21,22)16-11-14(18(19)20)9-10-15(16)23-3/h4-12H,1-3H3. The van der Waals surface area contributed by atoms with Crippen LogP contribution >= 0.6 is 0 Å². The number of para-hydroxylation sites is 1. The fourth-order valence-electron chi connectivity index (χ4n) is 2.38. The Balaban J connectivity index is 2.67. The molecule has 0 amide bonds. The number of rotatable bonds is 6. The van der Waals surface area contributed by atoms with Crippen LogP contribution in [0.2, 0.25) is 0 Å². The summed E-state index contributed by atoms with van der Waals surface area (Å²) in [7, 11) is -2.73. The number of ether oxygens (including phenoxy) is 1. The van der Waals surface area contributed by atoms with Gasteiger partial charge in [0.2, 0.25) is 0 Å². The second-order valence-corrected chi connectivity index (χ2v) is 7.11. The van der Waals surface area contributed by atoms with Crippen LogP contribution in [0.4, 0.5) is 11.4 Å². The second kappa shape index (κ2) is 6.88. The van der Waals surface area contributed by atoms with Gasteiger partial charge >= 0.3 is 0 Å². The molecule has 0 N–H and O–H groups in total. The van der Waals surface area contributed by atoms with Gasteiger partial charge in [0.25, 0.3) is 15.7 Å². The number of sulfonamides is 1. The van der Waals surface area contributed by atoms with Gasteiger partial charge in [0.1, 0.15) is 10.6 Å². The molecule has 0 radical (unpaired) electrons. The largest absolute Gasteiger partial charge is 0.495 e. The lowest BCUT2D eigenvalue weighted by atomic mass is 10.3. The van der Waals surface area contributed by atoms with Crippen LogP contribution in [-0.2, 0) is 10.0 Å². The Labute approximate surface area is 140 Å². The van der Waals surface area contributed by atoms with Gasteiger partial charge < -0.3 is 4.74 Å². The molecule has 0 atom stereocenters. The van der Waals surface area contributed by atoms with Crippen LogP contribution in [0.15, 0.2) is 53.4 Å². The van der Waals surface area contributed by atoms with E-state index < -0.39 is 14.9 Å². The lowest BCUT2D eigenvalue weighted by molar-refractivity contribution is -0.385. The number of hydrogen-bond donors (Lipinski definition) is 0. The molecule has 0 saturated carbocycles. The topological polar surface area (TPSA) is 89.7 Å². The Bertz CT molecular complexity index is 835. The third-order valence-corrected chi connectivity index (χ3v) is 5.40. The van der Waals surface area contributed by atoms with E-state index in [-0.39, 0.29) is 22.4 Å². The summed E-state index contributed by atoms with van der Waals surface area (Å²) in [5.41, 5.74) is 0.159. The molecule has 2 rings (SSSR count). The molecule has 0 aliphatic rings. The molecule has 8 heteroatoms. The molecule has 2 aromatic carbocycles. The number of nitro benzene ring substituents is 1. The van der Waals surface area contributed by atoms with Gasteiger partial charge in [0.15, 0.2) is 0 Å². The first-order chi connectivity index (χ1) is 11.3. The number of benzene rings is 2. The lowest BCUT2D eigenvalue weighted by Gasteiger charge is -2.28. The predicted octanol–water partition coefficient (Wildman–Crippen LogP) is 3.21. The van der Waals surface area contributed by atoms with Crippen molar-refractivity contribution in [2.24, 2.45) is 0 Å². The smallest absolute Gasteiger partial charge is 0.271 e. The molecule has 0 heterocycles. The average molecular weight is 350 g/mol. The molecule has 0 saturated heterocycles. The second-order valence-electron chi connectivity index (χ2n) is 5.32. The minimum Gasteiger partial charge on any atom is -0.495 e. The number of non-ortho nitro benzene ring substituents is 1. The van der Waals surface area contributed by atoms with Crippen molar-refractivity contribution in [3.05, 3.63) is 58.6 Å². The van der Waals surface area contributed by atoms with E-state index >= 15 is 0 Å². The quantitative estimate of drug-likeness (QED) is 0.589. The Kier molecular flexibility index (Phi) is 5.08. The SMILES string of the molecule is COc1ccc([N+](=O)[O-])cc1S(=O)(=O)N(c1ccccc1)C(C)C. The van der Waals surface area contributed by atoms with E-state index in [4.69, 9.17) is 4.74 Å². The van der Waals surface area contributed by atoms with E-state index in [1.807, 2.05) is 0 Å². The maximum absolute atomic E-state index is 13.2. The number of methoxy groups -OCH3 is 1. The molecule has 7 nitrogen and oxygen atoms in total. The molecule has 0 spiro atoms. The summed E-state index contributed by atoms with van der Waals surface area (Å²) in [6.07, 6.45) is 0. The van der Waals surface area contributed by atoms with E-state index in [0.29, 0.717) is 5.69 Å². The highest BCUT2D eigenvalue weighted by Crippen LogP contribution is 2.33. The molecule has 0 aromatic heterocycles. The summed E-state index contributed by atoms with van der Waals surface area (Å²) in [6.45, 7) is 3.46. The molecule has 0 aliphatic heterocycles. The van der Waals surface area contributed by atoms with E-state index in [0.717, 1.165) is 6.07 Å². The van der Waals surface area contributed by atoms with Crippen molar-refractivity contribution >= 4 is 21.4 Å². The molecular weight excluding hydrogens is 332 g/mol. The van der Waals surface area contributed by atoms with E-state index in [1.165, 1.54) is 23.5 Å². The van der Waals surface area contributed by atoms with Crippen LogP contribution < -0.4 is 9.04 Å². The molecule has 0 aliphatic carbocycles. The zero-order valence-electron chi connectivity index (χ0n) is 13.5. The third-order valence-electron chi connectivity index (χ3n) is 3.37. The van der Waals surface area contributed by atoms with Gasteiger partial charge in [-0.05, 0) is 32.0 Å². The fourth-order valence-corrected chi connectivity index (χ4v) is 4.22. The van der Waals surface area contributed by atoms with Gasteiger partial charge in [-0.1, -0.05) is 18.2 Å². The summed E-state index contributed by atoms with van der Waals surface area (Å²) in [6, 6.07) is 11.7. The predicted molar refractivity (Wildman–Crippen MR) is 90.9 cm³/mol. The zero-order chi connectivity index (χ0) is 17.9. The van der Waals surface area contributed by atoms with Gasteiger partial charge in [-0.25, -0.2) is 8.42 Å². The van der Waals surface area contributed by atoms with Gasteiger partial charge in [-0.2, -0.15) is 0 Å². The maximum Gasteiger partial charge on any atom is 0.271 e. The molecular formula is C16H18N2O5S. The van der Waals surface area contributed by atoms with E-state index in [1.54, 1.807) is 44.2 Å². The molecule has 2 aromatic rings. The van der Waals surface area contributed by atoms with Crippen molar-refractivity contribution < 1.29 is 18.1 Å². The van der Waals surface area contributed by atoms with Crippen LogP contribution in [0.1, 0.15) is 13.8 Å². The van der Waals surface area contributed by atoms with Crippen molar-refractivity contribution in [3.8, 4) is 5.75 Å². The van der Waals surface area contributed by atoms with Crippen molar-refractivity contribution in [2.45, 2.75) is 24.8 Å². The van der Waals surface area contributed by atoms with Crippen molar-refractivity contribution in [1.29, 1.82) is 0 Å². The van der Waals surface area contributed by atoms with Gasteiger partial charge in [0.05, 0.1) is 17.7 Å². The minimum atomic E-state index is -4.05. The van der Waals surface area contributed by atoms with Crippen LogP contribution in [0.3, 0.4) is 0 Å². The minimum absolute atomic E-state index is 0.0576. The average Bonchev–Trinajstić information content (AvgIpc) is 2.54. The molecule has 24 heavy (non-hydrogen) atoms. The number of hydrogen-bond acceptors (Lipinski definition) is 5. The van der Waals surface area contributed by atoms with Crippen LogP contribution in [-0.4, -0.2) is 26.5 Å². The maximum atomic E-state index is 13.2. The molecule has 0 unspecified atom stereocenters. The van der Waals surface area contributed by atoms with Gasteiger partial charge in [0, 0.05) is 18.2 Å². The highest BCUT2D eigenvalue weighted by molar-refractivity contribution is 7.93. The fraction of sp³-hybridized carbons (Fsp3) is 0.250. The monoisotopic (exact) mass is 350 g/mol. The third kappa shape index (κ3) is 3.33. The van der Waals surface area contributed by atoms with E-state index in [9.17, 15) is 18.5 Å². The summed E-state index contributed by atoms with van der Waals surface area (Å²) < 4.78 is 32.6. The zero-order valence-corrected chi connectivity index (χ0v) is 14.4. The number of nitrogens with zero attached hydrogens (tertiary/aromatic N) is 2. The summed E-state index contributed by atoms with van der Waals surface area (Å²) in [5, 5.41) is 11.0. The van der Waals surface area contributed by atoms with Crippen LogP contribution in [0.5, 0.6) is 5.75 Å². The first kappa shape index (κ1) is 17.7. The highest BCUT2D eigenvalue weighted by atomic mass is 32.2.